The summed E-state index contributed by atoms with van der Waals surface area (Å²) in [6.45, 7) is 2.35. The molecule has 104 valence electrons. The highest BCUT2D eigenvalue weighted by Gasteiger charge is 2.19. The van der Waals surface area contributed by atoms with Crippen molar-refractivity contribution in [2.24, 2.45) is 0 Å². The third-order valence-corrected chi connectivity index (χ3v) is 3.32. The van der Waals surface area contributed by atoms with Gasteiger partial charge in [0.15, 0.2) is 0 Å². The summed E-state index contributed by atoms with van der Waals surface area (Å²) in [4.78, 5) is 0. The lowest BCUT2D eigenvalue weighted by Crippen LogP contribution is -2.39. The van der Waals surface area contributed by atoms with Gasteiger partial charge < -0.3 is 20.5 Å². The monoisotopic (exact) mass is 270 g/mol. The lowest BCUT2D eigenvalue weighted by Gasteiger charge is -2.27. The second kappa shape index (κ2) is 5.84. The van der Waals surface area contributed by atoms with Crippen LogP contribution in [0.15, 0.2) is 48.5 Å². The zero-order valence-electron chi connectivity index (χ0n) is 11.2. The molecular formula is C16H18N2O2. The molecule has 2 aromatic carbocycles. The highest BCUT2D eigenvalue weighted by Crippen LogP contribution is 2.32. The first kappa shape index (κ1) is 12.8. The molecule has 0 amide bonds. The van der Waals surface area contributed by atoms with Crippen LogP contribution in [0.1, 0.15) is 5.56 Å². The average molecular weight is 270 g/mol. The summed E-state index contributed by atoms with van der Waals surface area (Å²) in [5.41, 5.74) is 2.19. The van der Waals surface area contributed by atoms with E-state index in [1.54, 1.807) is 12.1 Å². The van der Waals surface area contributed by atoms with E-state index in [1.807, 2.05) is 24.3 Å². The van der Waals surface area contributed by atoms with Gasteiger partial charge in [-0.25, -0.2) is 0 Å². The molecule has 0 unspecified atom stereocenters. The van der Waals surface area contributed by atoms with Crippen LogP contribution in [0.3, 0.4) is 0 Å². The van der Waals surface area contributed by atoms with Gasteiger partial charge in [0.1, 0.15) is 17.6 Å². The molecule has 1 aliphatic heterocycles. The minimum Gasteiger partial charge on any atom is -0.508 e. The van der Waals surface area contributed by atoms with Gasteiger partial charge in [-0.1, -0.05) is 30.3 Å². The van der Waals surface area contributed by atoms with Crippen LogP contribution in [0.5, 0.6) is 11.5 Å². The Morgan fingerprint density at radius 3 is 2.90 bits per heavy atom. The van der Waals surface area contributed by atoms with E-state index in [4.69, 9.17) is 4.74 Å². The summed E-state index contributed by atoms with van der Waals surface area (Å²) in [6, 6.07) is 15.4. The number of ether oxygens (including phenoxy) is 1. The maximum Gasteiger partial charge on any atom is 0.146 e. The number of rotatable bonds is 4. The molecule has 1 heterocycles. The van der Waals surface area contributed by atoms with Gasteiger partial charge in [0, 0.05) is 19.2 Å². The van der Waals surface area contributed by atoms with Crippen LogP contribution in [0, 0.1) is 0 Å². The summed E-state index contributed by atoms with van der Waals surface area (Å²) >= 11 is 0. The number of benzene rings is 2. The minimum atomic E-state index is 0.0630. The molecule has 2 aromatic rings. The van der Waals surface area contributed by atoms with Crippen molar-refractivity contribution in [2.75, 3.05) is 18.4 Å². The Morgan fingerprint density at radius 2 is 2.05 bits per heavy atom. The van der Waals surface area contributed by atoms with Crippen LogP contribution >= 0.6 is 0 Å². The molecule has 1 atom stereocenters. The number of aromatic hydroxyl groups is 1. The van der Waals surface area contributed by atoms with Crippen LogP contribution in [0.2, 0.25) is 0 Å². The Kier molecular flexibility index (Phi) is 3.74. The number of phenols is 1. The molecule has 0 radical (unpaired) electrons. The topological polar surface area (TPSA) is 53.5 Å². The van der Waals surface area contributed by atoms with Crippen molar-refractivity contribution in [1.82, 2.24) is 5.32 Å². The predicted octanol–water partition coefficient (Wildman–Crippen LogP) is 2.35. The smallest absolute Gasteiger partial charge is 0.146 e. The molecule has 20 heavy (non-hydrogen) atoms. The standard InChI is InChI=1S/C16H18N2O2/c19-13-6-7-15-16(8-13)20-14(11-18-15)10-17-9-12-4-2-1-3-5-12/h1-8,14,17-19H,9-11H2/t14-/m0/s1. The van der Waals surface area contributed by atoms with E-state index in [2.05, 4.69) is 22.8 Å². The van der Waals surface area contributed by atoms with Crippen molar-refractivity contribution in [3.63, 3.8) is 0 Å². The Balaban J connectivity index is 1.53. The van der Waals surface area contributed by atoms with Crippen LogP contribution < -0.4 is 15.4 Å². The molecule has 4 heteroatoms. The van der Waals surface area contributed by atoms with E-state index in [1.165, 1.54) is 5.56 Å². The van der Waals surface area contributed by atoms with Gasteiger partial charge in [-0.15, -0.1) is 0 Å². The minimum absolute atomic E-state index is 0.0630. The lowest BCUT2D eigenvalue weighted by molar-refractivity contribution is 0.201. The van der Waals surface area contributed by atoms with E-state index in [-0.39, 0.29) is 11.9 Å². The molecule has 0 spiro atoms. The third-order valence-electron chi connectivity index (χ3n) is 3.32. The van der Waals surface area contributed by atoms with Crippen molar-refractivity contribution in [3.05, 3.63) is 54.1 Å². The van der Waals surface area contributed by atoms with Crippen molar-refractivity contribution < 1.29 is 9.84 Å². The fourth-order valence-corrected chi connectivity index (χ4v) is 2.29. The summed E-state index contributed by atoms with van der Waals surface area (Å²) in [5, 5.41) is 16.2. The van der Waals surface area contributed by atoms with E-state index in [0.29, 0.717) is 5.75 Å². The molecule has 0 saturated carbocycles. The fourth-order valence-electron chi connectivity index (χ4n) is 2.29. The van der Waals surface area contributed by atoms with E-state index in [9.17, 15) is 5.11 Å². The molecule has 3 N–H and O–H groups in total. The van der Waals surface area contributed by atoms with Crippen molar-refractivity contribution in [2.45, 2.75) is 12.6 Å². The summed E-state index contributed by atoms with van der Waals surface area (Å²) in [6.07, 6.45) is 0.0630. The number of hydrogen-bond donors (Lipinski definition) is 3. The largest absolute Gasteiger partial charge is 0.508 e. The van der Waals surface area contributed by atoms with E-state index < -0.39 is 0 Å². The second-order valence-corrected chi connectivity index (χ2v) is 4.92. The van der Waals surface area contributed by atoms with E-state index >= 15 is 0 Å². The Labute approximate surface area is 118 Å². The Hall–Kier alpha value is -2.20. The second-order valence-electron chi connectivity index (χ2n) is 4.92. The zero-order chi connectivity index (χ0) is 13.8. The summed E-state index contributed by atoms with van der Waals surface area (Å²) in [5.74, 6) is 0.936. The SMILES string of the molecule is Oc1ccc2c(c1)O[C@@H](CNCc1ccccc1)CN2. The normalized spacial score (nSPS) is 16.9. The summed E-state index contributed by atoms with van der Waals surface area (Å²) in [7, 11) is 0. The Bertz CT molecular complexity index is 572. The van der Waals surface area contributed by atoms with Crippen LogP contribution in [0.4, 0.5) is 5.69 Å². The highest BCUT2D eigenvalue weighted by molar-refractivity contribution is 5.60. The zero-order valence-corrected chi connectivity index (χ0v) is 11.2. The molecular weight excluding hydrogens is 252 g/mol. The fraction of sp³-hybridized carbons (Fsp3) is 0.250. The van der Waals surface area contributed by atoms with Gasteiger partial charge in [-0.2, -0.15) is 0 Å². The maximum atomic E-state index is 9.48. The first-order valence-corrected chi connectivity index (χ1v) is 6.79. The lowest BCUT2D eigenvalue weighted by atomic mass is 10.2. The van der Waals surface area contributed by atoms with Gasteiger partial charge in [-0.05, 0) is 17.7 Å². The third kappa shape index (κ3) is 3.03. The first-order chi connectivity index (χ1) is 9.81. The summed E-state index contributed by atoms with van der Waals surface area (Å²) < 4.78 is 5.87. The number of phenolic OH excluding ortho intramolecular Hbond substituents is 1. The predicted molar refractivity (Wildman–Crippen MR) is 79.2 cm³/mol. The van der Waals surface area contributed by atoms with Crippen LogP contribution in [-0.2, 0) is 6.54 Å². The number of hydrogen-bond acceptors (Lipinski definition) is 4. The first-order valence-electron chi connectivity index (χ1n) is 6.79. The molecule has 4 nitrogen and oxygen atoms in total. The Morgan fingerprint density at radius 1 is 1.20 bits per heavy atom. The molecule has 0 aromatic heterocycles. The van der Waals surface area contributed by atoms with Gasteiger partial charge >= 0.3 is 0 Å². The quantitative estimate of drug-likeness (QED) is 0.747. The average Bonchev–Trinajstić information content (AvgIpc) is 2.48. The van der Waals surface area contributed by atoms with Gasteiger partial charge in [-0.3, -0.25) is 0 Å². The van der Waals surface area contributed by atoms with Crippen molar-refractivity contribution in [3.8, 4) is 11.5 Å². The van der Waals surface area contributed by atoms with Crippen molar-refractivity contribution >= 4 is 5.69 Å². The molecule has 0 saturated heterocycles. The van der Waals surface area contributed by atoms with Crippen LogP contribution in [0.25, 0.3) is 0 Å². The van der Waals surface area contributed by atoms with Gasteiger partial charge in [0.05, 0.1) is 12.2 Å². The molecule has 0 aliphatic carbocycles. The maximum absolute atomic E-state index is 9.48. The van der Waals surface area contributed by atoms with Gasteiger partial charge in [0.2, 0.25) is 0 Å². The molecule has 0 bridgehead atoms. The number of fused-ring (bicyclic) bond motifs is 1. The van der Waals surface area contributed by atoms with Gasteiger partial charge in [0.25, 0.3) is 0 Å². The molecule has 1 aliphatic rings. The van der Waals surface area contributed by atoms with Crippen LogP contribution in [-0.4, -0.2) is 24.3 Å². The molecule has 0 fully saturated rings. The number of anilines is 1. The van der Waals surface area contributed by atoms with Crippen molar-refractivity contribution in [1.29, 1.82) is 0 Å². The number of nitrogens with one attached hydrogen (secondary N) is 2. The van der Waals surface area contributed by atoms with E-state index in [0.717, 1.165) is 25.3 Å². The molecule has 3 rings (SSSR count). The highest BCUT2D eigenvalue weighted by atomic mass is 16.5.